The molecular formula is C14H18ClNO4S. The minimum atomic E-state index is -3.95. The second-order valence-corrected chi connectivity index (χ2v) is 8.30. The molecule has 7 heteroatoms. The molecule has 1 atom stereocenters. The molecule has 2 rings (SSSR count). The van der Waals surface area contributed by atoms with Gasteiger partial charge < -0.3 is 10.1 Å². The van der Waals surface area contributed by atoms with E-state index >= 15 is 0 Å². The standard InChI is InChI=1S/C14H18ClNO4S/c1-4-20-11-6-5-9(7-12(11)21(15,18)19)16-13(17)10-8-14(10,2)3/h5-7,10H,4,8H2,1-3H3,(H,16,17). The summed E-state index contributed by atoms with van der Waals surface area (Å²) in [5, 5.41) is 2.72. The number of hydrogen-bond acceptors (Lipinski definition) is 4. The van der Waals surface area contributed by atoms with Gasteiger partial charge in [-0.3, -0.25) is 4.79 Å². The number of ether oxygens (including phenoxy) is 1. The van der Waals surface area contributed by atoms with E-state index in [0.717, 1.165) is 6.42 Å². The maximum atomic E-state index is 12.0. The first-order valence-corrected chi connectivity index (χ1v) is 8.98. The molecule has 1 aromatic carbocycles. The number of benzene rings is 1. The van der Waals surface area contributed by atoms with Crippen LogP contribution in [0.2, 0.25) is 0 Å². The SMILES string of the molecule is CCOc1ccc(NC(=O)C2CC2(C)C)cc1S(=O)(=O)Cl. The van der Waals surface area contributed by atoms with Gasteiger partial charge in [-0.2, -0.15) is 0 Å². The molecular weight excluding hydrogens is 314 g/mol. The molecule has 0 aliphatic heterocycles. The van der Waals surface area contributed by atoms with Crippen LogP contribution in [0.4, 0.5) is 5.69 Å². The van der Waals surface area contributed by atoms with Crippen molar-refractivity contribution < 1.29 is 17.9 Å². The van der Waals surface area contributed by atoms with Gasteiger partial charge in [0.05, 0.1) is 6.61 Å². The van der Waals surface area contributed by atoms with E-state index in [0.29, 0.717) is 12.3 Å². The number of hydrogen-bond donors (Lipinski definition) is 1. The van der Waals surface area contributed by atoms with Crippen molar-refractivity contribution in [3.05, 3.63) is 18.2 Å². The molecule has 0 aromatic heterocycles. The summed E-state index contributed by atoms with van der Waals surface area (Å²) in [5.41, 5.74) is 0.405. The van der Waals surface area contributed by atoms with Gasteiger partial charge in [-0.25, -0.2) is 8.42 Å². The van der Waals surface area contributed by atoms with Gasteiger partial charge >= 0.3 is 0 Å². The highest BCUT2D eigenvalue weighted by Gasteiger charge is 2.50. The number of nitrogens with one attached hydrogen (secondary N) is 1. The Hall–Kier alpha value is -1.27. The van der Waals surface area contributed by atoms with E-state index in [-0.39, 0.29) is 27.9 Å². The predicted octanol–water partition coefficient (Wildman–Crippen LogP) is 3.00. The zero-order valence-electron chi connectivity index (χ0n) is 12.1. The van der Waals surface area contributed by atoms with Crippen LogP contribution >= 0.6 is 10.7 Å². The minimum Gasteiger partial charge on any atom is -0.492 e. The first-order valence-electron chi connectivity index (χ1n) is 6.67. The highest BCUT2D eigenvalue weighted by atomic mass is 35.7. The van der Waals surface area contributed by atoms with Crippen LogP contribution in [0.3, 0.4) is 0 Å². The molecule has 21 heavy (non-hydrogen) atoms. The van der Waals surface area contributed by atoms with Crippen LogP contribution in [0.25, 0.3) is 0 Å². The van der Waals surface area contributed by atoms with E-state index in [4.69, 9.17) is 15.4 Å². The average Bonchev–Trinajstić information content (AvgIpc) is 2.99. The summed E-state index contributed by atoms with van der Waals surface area (Å²) in [6.07, 6.45) is 0.830. The Bertz CT molecular complexity index is 670. The fraction of sp³-hybridized carbons (Fsp3) is 0.500. The van der Waals surface area contributed by atoms with Crippen molar-refractivity contribution in [1.29, 1.82) is 0 Å². The van der Waals surface area contributed by atoms with E-state index in [1.165, 1.54) is 12.1 Å². The Labute approximate surface area is 129 Å². The number of amides is 1. The molecule has 1 unspecified atom stereocenters. The molecule has 0 saturated heterocycles. The maximum Gasteiger partial charge on any atom is 0.265 e. The Morgan fingerprint density at radius 1 is 1.48 bits per heavy atom. The van der Waals surface area contributed by atoms with Gasteiger partial charge in [-0.1, -0.05) is 13.8 Å². The van der Waals surface area contributed by atoms with Crippen LogP contribution in [0.15, 0.2) is 23.1 Å². The molecule has 0 bridgehead atoms. The highest BCUT2D eigenvalue weighted by Crippen LogP contribution is 2.52. The smallest absolute Gasteiger partial charge is 0.265 e. The molecule has 1 N–H and O–H groups in total. The lowest BCUT2D eigenvalue weighted by Crippen LogP contribution is -2.16. The molecule has 1 fully saturated rings. The van der Waals surface area contributed by atoms with Crippen LogP contribution in [-0.4, -0.2) is 20.9 Å². The van der Waals surface area contributed by atoms with Crippen molar-refractivity contribution in [2.24, 2.45) is 11.3 Å². The summed E-state index contributed by atoms with van der Waals surface area (Å²) in [6.45, 7) is 6.10. The molecule has 1 amide bonds. The van der Waals surface area contributed by atoms with Crippen molar-refractivity contribution in [3.63, 3.8) is 0 Å². The van der Waals surface area contributed by atoms with Crippen LogP contribution in [0, 0.1) is 11.3 Å². The molecule has 0 spiro atoms. The van der Waals surface area contributed by atoms with Crippen molar-refractivity contribution in [2.75, 3.05) is 11.9 Å². The summed E-state index contributed by atoms with van der Waals surface area (Å²) < 4.78 is 28.4. The zero-order chi connectivity index (χ0) is 15.8. The van der Waals surface area contributed by atoms with Crippen LogP contribution in [0.5, 0.6) is 5.75 Å². The normalized spacial score (nSPS) is 19.9. The van der Waals surface area contributed by atoms with Gasteiger partial charge in [0.2, 0.25) is 5.91 Å². The number of rotatable bonds is 5. The predicted molar refractivity (Wildman–Crippen MR) is 81.2 cm³/mol. The molecule has 0 heterocycles. The largest absolute Gasteiger partial charge is 0.492 e. The monoisotopic (exact) mass is 331 g/mol. The van der Waals surface area contributed by atoms with Gasteiger partial charge in [0.15, 0.2) is 0 Å². The van der Waals surface area contributed by atoms with Crippen molar-refractivity contribution in [1.82, 2.24) is 0 Å². The van der Waals surface area contributed by atoms with Crippen molar-refractivity contribution in [3.8, 4) is 5.75 Å². The van der Waals surface area contributed by atoms with Gasteiger partial charge in [-0.15, -0.1) is 0 Å². The summed E-state index contributed by atoms with van der Waals surface area (Å²) in [5.74, 6) is 0.0273. The van der Waals surface area contributed by atoms with E-state index in [2.05, 4.69) is 5.32 Å². The van der Waals surface area contributed by atoms with Gasteiger partial charge in [0.1, 0.15) is 10.6 Å². The van der Waals surface area contributed by atoms with E-state index < -0.39 is 9.05 Å². The van der Waals surface area contributed by atoms with E-state index in [1.807, 2.05) is 13.8 Å². The quantitative estimate of drug-likeness (QED) is 0.842. The third-order valence-electron chi connectivity index (χ3n) is 3.60. The van der Waals surface area contributed by atoms with E-state index in [1.54, 1.807) is 13.0 Å². The minimum absolute atomic E-state index is 0.0107. The highest BCUT2D eigenvalue weighted by molar-refractivity contribution is 8.13. The number of anilines is 1. The van der Waals surface area contributed by atoms with Crippen LogP contribution < -0.4 is 10.1 Å². The van der Waals surface area contributed by atoms with Gasteiger partial charge in [0, 0.05) is 22.3 Å². The molecule has 116 valence electrons. The Morgan fingerprint density at radius 3 is 2.57 bits per heavy atom. The van der Waals surface area contributed by atoms with Crippen LogP contribution in [0.1, 0.15) is 27.2 Å². The number of carbonyl (C=O) groups excluding carboxylic acids is 1. The zero-order valence-corrected chi connectivity index (χ0v) is 13.7. The Kier molecular flexibility index (Phi) is 4.22. The summed E-state index contributed by atoms with van der Waals surface area (Å²) in [4.78, 5) is 11.9. The molecule has 0 radical (unpaired) electrons. The first kappa shape index (κ1) is 16.1. The Morgan fingerprint density at radius 2 is 2.10 bits per heavy atom. The fourth-order valence-corrected chi connectivity index (χ4v) is 3.19. The summed E-state index contributed by atoms with van der Waals surface area (Å²) in [6, 6.07) is 4.41. The summed E-state index contributed by atoms with van der Waals surface area (Å²) in [7, 11) is 1.46. The average molecular weight is 332 g/mol. The lowest BCUT2D eigenvalue weighted by molar-refractivity contribution is -0.118. The van der Waals surface area contributed by atoms with Gasteiger partial charge in [-0.05, 0) is 37.0 Å². The second kappa shape index (κ2) is 5.50. The topological polar surface area (TPSA) is 72.5 Å². The maximum absolute atomic E-state index is 12.0. The third kappa shape index (κ3) is 3.68. The van der Waals surface area contributed by atoms with Gasteiger partial charge in [0.25, 0.3) is 9.05 Å². The molecule has 5 nitrogen and oxygen atoms in total. The fourth-order valence-electron chi connectivity index (χ4n) is 2.20. The molecule has 1 saturated carbocycles. The lowest BCUT2D eigenvalue weighted by Gasteiger charge is -2.11. The molecule has 1 aromatic rings. The first-order chi connectivity index (χ1) is 9.65. The van der Waals surface area contributed by atoms with E-state index in [9.17, 15) is 13.2 Å². The van der Waals surface area contributed by atoms with Crippen LogP contribution in [-0.2, 0) is 13.8 Å². The Balaban J connectivity index is 2.24. The van der Waals surface area contributed by atoms with Crippen molar-refractivity contribution >= 4 is 31.3 Å². The lowest BCUT2D eigenvalue weighted by atomic mass is 10.1. The summed E-state index contributed by atoms with van der Waals surface area (Å²) >= 11 is 0. The second-order valence-electron chi connectivity index (χ2n) is 5.77. The molecule has 1 aliphatic rings. The van der Waals surface area contributed by atoms with Crippen molar-refractivity contribution in [2.45, 2.75) is 32.1 Å². The molecule has 1 aliphatic carbocycles. The number of carbonyl (C=O) groups is 1. The third-order valence-corrected chi connectivity index (χ3v) is 4.95. The number of halogens is 1.